The van der Waals surface area contributed by atoms with Crippen molar-refractivity contribution in [2.75, 3.05) is 33.3 Å². The van der Waals surface area contributed by atoms with Gasteiger partial charge in [-0.3, -0.25) is 9.88 Å². The van der Waals surface area contributed by atoms with Crippen LogP contribution in [0.15, 0.2) is 24.5 Å². The Balaban J connectivity index is 1.82. The predicted octanol–water partition coefficient (Wildman–Crippen LogP) is 0.966. The van der Waals surface area contributed by atoms with Crippen LogP contribution in [0.3, 0.4) is 0 Å². The lowest BCUT2D eigenvalue weighted by Gasteiger charge is -2.33. The molecule has 92 valence electrons. The molecule has 1 saturated heterocycles. The van der Waals surface area contributed by atoms with Gasteiger partial charge in [0.05, 0.1) is 7.11 Å². The van der Waals surface area contributed by atoms with Gasteiger partial charge in [-0.05, 0) is 17.7 Å². The molecule has 1 aromatic heterocycles. The first-order valence-electron chi connectivity index (χ1n) is 5.74. The summed E-state index contributed by atoms with van der Waals surface area (Å²) in [6.45, 7) is 4.15. The van der Waals surface area contributed by atoms with E-state index in [0.29, 0.717) is 0 Å². The molecule has 1 aliphatic heterocycles. The minimum Gasteiger partial charge on any atom is -0.453 e. The molecular formula is C12H17N3O2. The monoisotopic (exact) mass is 235 g/mol. The number of carbonyl (C=O) groups excluding carboxylic acids is 1. The number of ether oxygens (including phenoxy) is 1. The first-order valence-corrected chi connectivity index (χ1v) is 5.74. The third-order valence-corrected chi connectivity index (χ3v) is 2.96. The summed E-state index contributed by atoms with van der Waals surface area (Å²) in [4.78, 5) is 19.4. The van der Waals surface area contributed by atoms with Crippen LogP contribution in [0.5, 0.6) is 0 Å². The standard InChI is InChI=1S/C12H17N3O2/c1-17-12(16)15-8-6-14(7-9-15)10-11-2-4-13-5-3-11/h2-5H,6-10H2,1H3. The minimum atomic E-state index is -0.228. The number of methoxy groups -OCH3 is 1. The number of hydrogen-bond acceptors (Lipinski definition) is 4. The van der Waals surface area contributed by atoms with Crippen molar-refractivity contribution < 1.29 is 9.53 Å². The van der Waals surface area contributed by atoms with Crippen molar-refractivity contribution in [3.05, 3.63) is 30.1 Å². The van der Waals surface area contributed by atoms with E-state index in [-0.39, 0.29) is 6.09 Å². The molecule has 2 heterocycles. The molecule has 1 amide bonds. The molecule has 0 bridgehead atoms. The van der Waals surface area contributed by atoms with E-state index >= 15 is 0 Å². The molecule has 0 N–H and O–H groups in total. The van der Waals surface area contributed by atoms with Crippen LogP contribution in [-0.4, -0.2) is 54.2 Å². The summed E-state index contributed by atoms with van der Waals surface area (Å²) in [5, 5.41) is 0. The van der Waals surface area contributed by atoms with Gasteiger partial charge in [0, 0.05) is 45.1 Å². The van der Waals surface area contributed by atoms with Crippen LogP contribution in [0.2, 0.25) is 0 Å². The van der Waals surface area contributed by atoms with Gasteiger partial charge in [0.1, 0.15) is 0 Å². The molecule has 0 spiro atoms. The normalized spacial score (nSPS) is 16.9. The van der Waals surface area contributed by atoms with E-state index in [4.69, 9.17) is 4.74 Å². The highest BCUT2D eigenvalue weighted by Crippen LogP contribution is 2.08. The van der Waals surface area contributed by atoms with Crippen molar-refractivity contribution in [3.63, 3.8) is 0 Å². The fourth-order valence-corrected chi connectivity index (χ4v) is 1.96. The molecule has 0 aromatic carbocycles. The SMILES string of the molecule is COC(=O)N1CCN(Cc2ccncc2)CC1. The van der Waals surface area contributed by atoms with Crippen LogP contribution in [0.25, 0.3) is 0 Å². The summed E-state index contributed by atoms with van der Waals surface area (Å²) in [7, 11) is 1.42. The van der Waals surface area contributed by atoms with Crippen molar-refractivity contribution in [3.8, 4) is 0 Å². The van der Waals surface area contributed by atoms with Gasteiger partial charge in [0.25, 0.3) is 0 Å². The molecule has 1 fully saturated rings. The Kier molecular flexibility index (Phi) is 3.93. The third-order valence-electron chi connectivity index (χ3n) is 2.96. The van der Waals surface area contributed by atoms with Crippen LogP contribution in [-0.2, 0) is 11.3 Å². The maximum absolute atomic E-state index is 11.3. The number of pyridine rings is 1. The molecule has 0 atom stereocenters. The molecule has 1 aromatic rings. The van der Waals surface area contributed by atoms with Crippen LogP contribution in [0, 0.1) is 0 Å². The van der Waals surface area contributed by atoms with Gasteiger partial charge in [-0.1, -0.05) is 0 Å². The minimum absolute atomic E-state index is 0.228. The number of amides is 1. The summed E-state index contributed by atoms with van der Waals surface area (Å²) >= 11 is 0. The Morgan fingerprint density at radius 3 is 2.53 bits per heavy atom. The summed E-state index contributed by atoms with van der Waals surface area (Å²) in [6.07, 6.45) is 3.38. The number of nitrogens with zero attached hydrogens (tertiary/aromatic N) is 3. The fourth-order valence-electron chi connectivity index (χ4n) is 1.96. The molecular weight excluding hydrogens is 218 g/mol. The maximum Gasteiger partial charge on any atom is 0.409 e. The lowest BCUT2D eigenvalue weighted by Crippen LogP contribution is -2.48. The van der Waals surface area contributed by atoms with Crippen LogP contribution in [0.1, 0.15) is 5.56 Å². The first kappa shape index (κ1) is 11.9. The average Bonchev–Trinajstić information content (AvgIpc) is 2.40. The second-order valence-corrected chi connectivity index (χ2v) is 4.09. The molecule has 0 unspecified atom stereocenters. The van der Waals surface area contributed by atoms with Crippen LogP contribution < -0.4 is 0 Å². The molecule has 0 radical (unpaired) electrons. The van der Waals surface area contributed by atoms with Gasteiger partial charge in [-0.15, -0.1) is 0 Å². The largest absolute Gasteiger partial charge is 0.453 e. The van der Waals surface area contributed by atoms with Gasteiger partial charge in [0.2, 0.25) is 0 Å². The molecule has 0 saturated carbocycles. The molecule has 2 rings (SSSR count). The van der Waals surface area contributed by atoms with E-state index < -0.39 is 0 Å². The van der Waals surface area contributed by atoms with Crippen molar-refractivity contribution in [1.82, 2.24) is 14.8 Å². The lowest BCUT2D eigenvalue weighted by molar-refractivity contribution is 0.0889. The van der Waals surface area contributed by atoms with Gasteiger partial charge >= 0.3 is 6.09 Å². The zero-order chi connectivity index (χ0) is 12.1. The Morgan fingerprint density at radius 2 is 1.94 bits per heavy atom. The van der Waals surface area contributed by atoms with Gasteiger partial charge in [-0.25, -0.2) is 4.79 Å². The fraction of sp³-hybridized carbons (Fsp3) is 0.500. The summed E-state index contributed by atoms with van der Waals surface area (Å²) in [6, 6.07) is 4.04. The highest BCUT2D eigenvalue weighted by Gasteiger charge is 2.21. The molecule has 17 heavy (non-hydrogen) atoms. The van der Waals surface area contributed by atoms with E-state index in [1.54, 1.807) is 17.3 Å². The van der Waals surface area contributed by atoms with Crippen molar-refractivity contribution >= 4 is 6.09 Å². The molecule has 5 nitrogen and oxygen atoms in total. The topological polar surface area (TPSA) is 45.7 Å². The van der Waals surface area contributed by atoms with E-state index in [1.807, 2.05) is 12.1 Å². The van der Waals surface area contributed by atoms with E-state index in [1.165, 1.54) is 12.7 Å². The van der Waals surface area contributed by atoms with E-state index in [0.717, 1.165) is 32.7 Å². The zero-order valence-corrected chi connectivity index (χ0v) is 10.0. The van der Waals surface area contributed by atoms with Crippen molar-refractivity contribution in [2.24, 2.45) is 0 Å². The number of rotatable bonds is 2. The van der Waals surface area contributed by atoms with E-state index in [2.05, 4.69) is 9.88 Å². The second-order valence-electron chi connectivity index (χ2n) is 4.09. The number of hydrogen-bond donors (Lipinski definition) is 0. The van der Waals surface area contributed by atoms with Crippen LogP contribution >= 0.6 is 0 Å². The highest BCUT2D eigenvalue weighted by molar-refractivity contribution is 5.67. The Labute approximate surface area is 101 Å². The first-order chi connectivity index (χ1) is 8.29. The lowest BCUT2D eigenvalue weighted by atomic mass is 10.2. The highest BCUT2D eigenvalue weighted by atomic mass is 16.5. The summed E-state index contributed by atoms with van der Waals surface area (Å²) in [5.41, 5.74) is 1.26. The third kappa shape index (κ3) is 3.17. The quantitative estimate of drug-likeness (QED) is 0.766. The Hall–Kier alpha value is -1.62. The zero-order valence-electron chi connectivity index (χ0n) is 10.0. The summed E-state index contributed by atoms with van der Waals surface area (Å²) in [5.74, 6) is 0. The molecule has 1 aliphatic rings. The van der Waals surface area contributed by atoms with Crippen molar-refractivity contribution in [1.29, 1.82) is 0 Å². The van der Waals surface area contributed by atoms with Gasteiger partial charge in [0.15, 0.2) is 0 Å². The predicted molar refractivity (Wildman–Crippen MR) is 63.5 cm³/mol. The average molecular weight is 235 g/mol. The Morgan fingerprint density at radius 1 is 1.29 bits per heavy atom. The number of piperazine rings is 1. The van der Waals surface area contributed by atoms with Gasteiger partial charge in [-0.2, -0.15) is 0 Å². The number of aromatic nitrogens is 1. The second kappa shape index (κ2) is 5.63. The number of carbonyl (C=O) groups is 1. The smallest absolute Gasteiger partial charge is 0.409 e. The molecule has 5 heteroatoms. The van der Waals surface area contributed by atoms with Crippen molar-refractivity contribution in [2.45, 2.75) is 6.54 Å². The Bertz CT molecular complexity index is 361. The summed E-state index contributed by atoms with van der Waals surface area (Å²) < 4.78 is 4.70. The maximum atomic E-state index is 11.3. The molecule has 0 aliphatic carbocycles. The van der Waals surface area contributed by atoms with Gasteiger partial charge < -0.3 is 9.64 Å². The van der Waals surface area contributed by atoms with Crippen LogP contribution in [0.4, 0.5) is 4.79 Å². The van der Waals surface area contributed by atoms with E-state index in [9.17, 15) is 4.79 Å².